The Morgan fingerprint density at radius 1 is 1.59 bits per heavy atom. The van der Waals surface area contributed by atoms with Crippen LogP contribution in [-0.4, -0.2) is 45.7 Å². The maximum Gasteiger partial charge on any atom is 0.270 e. The fourth-order valence-electron chi connectivity index (χ4n) is 4.34. The van der Waals surface area contributed by atoms with E-state index in [2.05, 4.69) is 27.0 Å². The minimum atomic E-state index is -0.0478. The standard InChI is InChI=1S/C17H22N4O/c1-11(2)3-4-12-9-18-20-15(12)16(22)19-14-10-21-8-7-17(21)6-5-13(14)17/h3-4,9,13-14H,1,5-8,10H2,2H3,(H,18,20)(H,19,22)/b4-3-. The topological polar surface area (TPSA) is 61.0 Å². The van der Waals surface area contributed by atoms with E-state index in [1.54, 1.807) is 6.20 Å². The number of nitrogens with zero attached hydrogens (tertiary/aromatic N) is 2. The Kier molecular flexibility index (Phi) is 3.01. The molecule has 0 radical (unpaired) electrons. The number of rotatable bonds is 4. The molecule has 0 aromatic carbocycles. The third kappa shape index (κ3) is 1.88. The van der Waals surface area contributed by atoms with Crippen molar-refractivity contribution in [2.45, 2.75) is 37.8 Å². The van der Waals surface area contributed by atoms with E-state index < -0.39 is 0 Å². The molecule has 5 heteroatoms. The zero-order chi connectivity index (χ0) is 15.3. The smallest absolute Gasteiger partial charge is 0.270 e. The van der Waals surface area contributed by atoms with Crippen LogP contribution in [0.1, 0.15) is 42.2 Å². The van der Waals surface area contributed by atoms with Crippen molar-refractivity contribution in [3.8, 4) is 0 Å². The van der Waals surface area contributed by atoms with Gasteiger partial charge in [0.25, 0.3) is 5.91 Å². The second kappa shape index (κ2) is 4.81. The summed E-state index contributed by atoms with van der Waals surface area (Å²) in [6.45, 7) is 7.96. The highest BCUT2D eigenvalue weighted by Crippen LogP contribution is 2.57. The molecule has 1 spiro atoms. The molecule has 3 atom stereocenters. The van der Waals surface area contributed by atoms with Gasteiger partial charge in [0.15, 0.2) is 0 Å². The number of aromatic amines is 1. The van der Waals surface area contributed by atoms with Crippen molar-refractivity contribution in [1.29, 1.82) is 0 Å². The van der Waals surface area contributed by atoms with Gasteiger partial charge in [-0.2, -0.15) is 5.10 Å². The first-order chi connectivity index (χ1) is 10.6. The van der Waals surface area contributed by atoms with Gasteiger partial charge in [0, 0.05) is 30.2 Å². The molecule has 1 aliphatic carbocycles. The van der Waals surface area contributed by atoms with E-state index in [0.717, 1.165) is 17.7 Å². The van der Waals surface area contributed by atoms with Crippen LogP contribution in [0.15, 0.2) is 24.4 Å². The molecule has 22 heavy (non-hydrogen) atoms. The van der Waals surface area contributed by atoms with Gasteiger partial charge in [0.05, 0.1) is 6.20 Å². The highest BCUT2D eigenvalue weighted by molar-refractivity contribution is 5.96. The van der Waals surface area contributed by atoms with Crippen LogP contribution in [0.25, 0.3) is 6.08 Å². The molecule has 1 aromatic heterocycles. The lowest BCUT2D eigenvalue weighted by Crippen LogP contribution is -2.64. The molecule has 1 aromatic rings. The Balaban J connectivity index is 1.47. The van der Waals surface area contributed by atoms with E-state index in [9.17, 15) is 4.79 Å². The van der Waals surface area contributed by atoms with Crippen LogP contribution >= 0.6 is 0 Å². The molecule has 0 bridgehead atoms. The first-order valence-electron chi connectivity index (χ1n) is 8.03. The number of hydrogen-bond acceptors (Lipinski definition) is 3. The second-order valence-corrected chi connectivity index (χ2v) is 6.90. The Hall–Kier alpha value is -1.88. The molecule has 3 aliphatic rings. The van der Waals surface area contributed by atoms with Crippen molar-refractivity contribution in [1.82, 2.24) is 20.4 Å². The minimum absolute atomic E-state index is 0.0478. The number of H-pyrrole nitrogens is 1. The molecule has 3 fully saturated rings. The van der Waals surface area contributed by atoms with Crippen LogP contribution in [-0.2, 0) is 0 Å². The SMILES string of the molecule is C=C(C)/C=C\c1cn[nH]c1C(=O)NC1CN2CCC23CCC13. The number of aromatic nitrogens is 2. The van der Waals surface area contributed by atoms with Crippen molar-refractivity contribution in [2.75, 3.05) is 13.1 Å². The number of carbonyl (C=O) groups is 1. The number of amides is 1. The van der Waals surface area contributed by atoms with Gasteiger partial charge in [-0.15, -0.1) is 0 Å². The summed E-state index contributed by atoms with van der Waals surface area (Å²) in [6, 6.07) is 0.282. The maximum atomic E-state index is 12.6. The zero-order valence-corrected chi connectivity index (χ0v) is 12.9. The first kappa shape index (κ1) is 13.8. The van der Waals surface area contributed by atoms with Crippen LogP contribution in [0, 0.1) is 5.92 Å². The molecule has 2 aliphatic heterocycles. The van der Waals surface area contributed by atoms with Gasteiger partial charge in [-0.25, -0.2) is 0 Å². The fraction of sp³-hybridized carbons (Fsp3) is 0.529. The Morgan fingerprint density at radius 2 is 2.45 bits per heavy atom. The maximum absolute atomic E-state index is 12.6. The number of hydrogen-bond donors (Lipinski definition) is 2. The monoisotopic (exact) mass is 298 g/mol. The zero-order valence-electron chi connectivity index (χ0n) is 12.9. The summed E-state index contributed by atoms with van der Waals surface area (Å²) < 4.78 is 0. The summed E-state index contributed by atoms with van der Waals surface area (Å²) >= 11 is 0. The van der Waals surface area contributed by atoms with Crippen LogP contribution in [0.5, 0.6) is 0 Å². The van der Waals surface area contributed by atoms with Crippen molar-refractivity contribution < 1.29 is 4.79 Å². The molecular formula is C17H22N4O. The summed E-state index contributed by atoms with van der Waals surface area (Å²) in [6.07, 6.45) is 9.31. The number of nitrogens with one attached hydrogen (secondary N) is 2. The largest absolute Gasteiger partial charge is 0.346 e. The van der Waals surface area contributed by atoms with Gasteiger partial charge in [0.2, 0.25) is 0 Å². The molecule has 3 unspecified atom stereocenters. The van der Waals surface area contributed by atoms with Gasteiger partial charge >= 0.3 is 0 Å². The average Bonchev–Trinajstić information content (AvgIpc) is 2.92. The first-order valence-corrected chi connectivity index (χ1v) is 8.03. The quantitative estimate of drug-likeness (QED) is 0.835. The molecule has 1 saturated carbocycles. The highest BCUT2D eigenvalue weighted by Gasteiger charge is 2.63. The third-order valence-electron chi connectivity index (χ3n) is 5.69. The predicted molar refractivity (Wildman–Crippen MR) is 85.3 cm³/mol. The summed E-state index contributed by atoms with van der Waals surface area (Å²) in [5, 5.41) is 10.1. The summed E-state index contributed by atoms with van der Waals surface area (Å²) in [4.78, 5) is 15.1. The predicted octanol–water partition coefficient (Wildman–Crippen LogP) is 1.97. The summed E-state index contributed by atoms with van der Waals surface area (Å²) in [5.74, 6) is 0.593. The Morgan fingerprint density at radius 3 is 3.05 bits per heavy atom. The molecule has 116 valence electrons. The molecule has 3 heterocycles. The molecule has 2 N–H and O–H groups in total. The number of allylic oxidation sites excluding steroid dienone is 2. The normalized spacial score (nSPS) is 33.0. The van der Waals surface area contributed by atoms with Crippen molar-refractivity contribution >= 4 is 12.0 Å². The van der Waals surface area contributed by atoms with Crippen molar-refractivity contribution in [2.24, 2.45) is 5.92 Å². The van der Waals surface area contributed by atoms with E-state index in [1.165, 1.54) is 25.8 Å². The third-order valence-corrected chi connectivity index (χ3v) is 5.69. The lowest BCUT2D eigenvalue weighted by molar-refractivity contribution is -0.0676. The second-order valence-electron chi connectivity index (χ2n) is 6.90. The van der Waals surface area contributed by atoms with E-state index in [4.69, 9.17) is 0 Å². The van der Waals surface area contributed by atoms with Gasteiger partial charge in [0.1, 0.15) is 5.69 Å². The molecule has 5 nitrogen and oxygen atoms in total. The molecule has 4 rings (SSSR count). The Bertz CT molecular complexity index is 657. The molecular weight excluding hydrogens is 276 g/mol. The minimum Gasteiger partial charge on any atom is -0.346 e. The van der Waals surface area contributed by atoms with E-state index in [-0.39, 0.29) is 11.9 Å². The summed E-state index contributed by atoms with van der Waals surface area (Å²) in [5.41, 5.74) is 2.74. The van der Waals surface area contributed by atoms with Crippen molar-refractivity contribution in [3.05, 3.63) is 35.7 Å². The van der Waals surface area contributed by atoms with E-state index in [1.807, 2.05) is 19.1 Å². The van der Waals surface area contributed by atoms with E-state index in [0.29, 0.717) is 17.2 Å². The summed E-state index contributed by atoms with van der Waals surface area (Å²) in [7, 11) is 0. The van der Waals surface area contributed by atoms with Gasteiger partial charge in [-0.05, 0) is 32.1 Å². The van der Waals surface area contributed by atoms with E-state index >= 15 is 0 Å². The molecule has 2 saturated heterocycles. The van der Waals surface area contributed by atoms with Gasteiger partial charge < -0.3 is 5.32 Å². The lowest BCUT2D eigenvalue weighted by Gasteiger charge is -2.58. The van der Waals surface area contributed by atoms with Crippen LogP contribution < -0.4 is 5.32 Å². The van der Waals surface area contributed by atoms with Crippen molar-refractivity contribution in [3.63, 3.8) is 0 Å². The van der Waals surface area contributed by atoms with Gasteiger partial charge in [-0.1, -0.05) is 24.3 Å². The van der Waals surface area contributed by atoms with Crippen LogP contribution in [0.3, 0.4) is 0 Å². The average molecular weight is 298 g/mol. The highest BCUT2D eigenvalue weighted by atomic mass is 16.2. The number of carbonyl (C=O) groups excluding carboxylic acids is 1. The van der Waals surface area contributed by atoms with Crippen LogP contribution in [0.2, 0.25) is 0 Å². The lowest BCUT2D eigenvalue weighted by atomic mass is 9.61. The van der Waals surface area contributed by atoms with Crippen LogP contribution in [0.4, 0.5) is 0 Å². The van der Waals surface area contributed by atoms with Gasteiger partial charge in [-0.3, -0.25) is 14.8 Å². The Labute approximate surface area is 130 Å². The molecule has 1 amide bonds. The fourth-order valence-corrected chi connectivity index (χ4v) is 4.34.